The lowest BCUT2D eigenvalue weighted by atomic mass is 9.76. The molecule has 0 saturated heterocycles. The minimum atomic E-state index is -4.43. The van der Waals surface area contributed by atoms with Crippen LogP contribution in [0.25, 0.3) is 0 Å². The normalized spacial score (nSPS) is 19.6. The molecule has 3 N–H and O–H groups in total. The summed E-state index contributed by atoms with van der Waals surface area (Å²) >= 11 is 0. The molecule has 1 atom stereocenters. The van der Waals surface area contributed by atoms with Gasteiger partial charge in [0.2, 0.25) is 5.69 Å². The summed E-state index contributed by atoms with van der Waals surface area (Å²) in [6.07, 6.45) is 1.84. The van der Waals surface area contributed by atoms with Crippen molar-refractivity contribution in [1.29, 1.82) is 0 Å². The fraction of sp³-hybridized carbons (Fsp3) is 0.611. The first kappa shape index (κ1) is 25.9. The van der Waals surface area contributed by atoms with Crippen molar-refractivity contribution in [2.75, 3.05) is 18.1 Å². The summed E-state index contributed by atoms with van der Waals surface area (Å²) in [6.45, 7) is 4.18. The van der Waals surface area contributed by atoms with Gasteiger partial charge < -0.3 is 0 Å². The van der Waals surface area contributed by atoms with E-state index in [-0.39, 0.29) is 29.2 Å². The summed E-state index contributed by atoms with van der Waals surface area (Å²) in [6, 6.07) is 4.26. The van der Waals surface area contributed by atoms with Crippen LogP contribution in [0.2, 0.25) is 0 Å². The van der Waals surface area contributed by atoms with Crippen molar-refractivity contribution in [3.8, 4) is 0 Å². The second-order valence-electron chi connectivity index (χ2n) is 7.96. The predicted molar refractivity (Wildman–Crippen MR) is 115 cm³/mol. The van der Waals surface area contributed by atoms with E-state index in [1.807, 2.05) is 18.4 Å². The molecule has 0 saturated carbocycles. The first-order valence-corrected chi connectivity index (χ1v) is 14.3. The molecule has 1 heterocycles. The maximum absolute atomic E-state index is 11.6. The fourth-order valence-corrected chi connectivity index (χ4v) is 5.59. The van der Waals surface area contributed by atoms with E-state index in [1.165, 1.54) is 12.1 Å². The van der Waals surface area contributed by atoms with Gasteiger partial charge in [-0.05, 0) is 38.3 Å². The summed E-state index contributed by atoms with van der Waals surface area (Å²) in [7, 11) is -12.6. The molecule has 0 aliphatic carbocycles. The number of benzene rings is 1. The number of fused-ring (bicyclic) bond motifs is 1. The van der Waals surface area contributed by atoms with E-state index in [0.717, 1.165) is 5.71 Å². The second-order valence-corrected chi connectivity index (χ2v) is 12.5. The third-order valence-electron chi connectivity index (χ3n) is 5.72. The molecule has 1 unspecified atom stereocenters. The summed E-state index contributed by atoms with van der Waals surface area (Å²) in [4.78, 5) is -0.253. The Morgan fingerprint density at radius 1 is 0.871 bits per heavy atom. The van der Waals surface area contributed by atoms with Crippen LogP contribution in [0.15, 0.2) is 23.1 Å². The van der Waals surface area contributed by atoms with Gasteiger partial charge in [0.05, 0.1) is 21.8 Å². The lowest BCUT2D eigenvalue weighted by molar-refractivity contribution is -0.439. The van der Waals surface area contributed by atoms with Gasteiger partial charge in [-0.2, -0.15) is 29.8 Å². The lowest BCUT2D eigenvalue weighted by Gasteiger charge is -2.22. The predicted octanol–water partition coefficient (Wildman–Crippen LogP) is 2.04. The van der Waals surface area contributed by atoms with Crippen molar-refractivity contribution in [2.45, 2.75) is 56.3 Å². The number of hydrogen-bond donors (Lipinski definition) is 3. The van der Waals surface area contributed by atoms with Crippen LogP contribution in [0.3, 0.4) is 0 Å². The summed E-state index contributed by atoms with van der Waals surface area (Å²) in [5.74, 6) is -0.735. The Kier molecular flexibility index (Phi) is 7.71. The van der Waals surface area contributed by atoms with Gasteiger partial charge >= 0.3 is 0 Å². The Hall–Kier alpha value is -1.38. The molecule has 10 nitrogen and oxygen atoms in total. The molecule has 0 bridgehead atoms. The molecule has 31 heavy (non-hydrogen) atoms. The van der Waals surface area contributed by atoms with Crippen molar-refractivity contribution in [2.24, 2.45) is 0 Å². The zero-order chi connectivity index (χ0) is 23.7. The Labute approximate surface area is 183 Å². The quantitative estimate of drug-likeness (QED) is 0.235. The van der Waals surface area contributed by atoms with Gasteiger partial charge in [0, 0.05) is 25.0 Å². The topological polar surface area (TPSA) is 166 Å². The van der Waals surface area contributed by atoms with E-state index in [1.54, 1.807) is 6.07 Å². The highest BCUT2D eigenvalue weighted by molar-refractivity contribution is 7.86. The maximum Gasteiger partial charge on any atom is 0.294 e. The number of hydrogen-bond acceptors (Lipinski definition) is 6. The third kappa shape index (κ3) is 6.80. The van der Waals surface area contributed by atoms with Gasteiger partial charge in [0.15, 0.2) is 5.71 Å². The van der Waals surface area contributed by atoms with E-state index in [0.29, 0.717) is 37.1 Å². The highest BCUT2D eigenvalue weighted by Crippen LogP contribution is 2.44. The molecule has 2 rings (SSSR count). The van der Waals surface area contributed by atoms with Gasteiger partial charge in [-0.3, -0.25) is 13.7 Å². The zero-order valence-corrected chi connectivity index (χ0v) is 19.8. The average molecular weight is 499 g/mol. The second kappa shape index (κ2) is 9.24. The van der Waals surface area contributed by atoms with Gasteiger partial charge in [0.1, 0.15) is 6.54 Å². The van der Waals surface area contributed by atoms with E-state index in [4.69, 9.17) is 9.11 Å². The number of nitrogens with zero attached hydrogens (tertiary/aromatic N) is 1. The Bertz CT molecular complexity index is 1190. The Morgan fingerprint density at radius 2 is 1.42 bits per heavy atom. The largest absolute Gasteiger partial charge is 0.294 e. The molecule has 1 aromatic rings. The first-order chi connectivity index (χ1) is 14.0. The van der Waals surface area contributed by atoms with Crippen LogP contribution >= 0.6 is 0 Å². The van der Waals surface area contributed by atoms with Crippen LogP contribution < -0.4 is 0 Å². The van der Waals surface area contributed by atoms with Crippen molar-refractivity contribution >= 4 is 41.8 Å². The fourth-order valence-electron chi connectivity index (χ4n) is 3.95. The van der Waals surface area contributed by atoms with Gasteiger partial charge in [-0.1, -0.05) is 6.42 Å². The molecule has 13 heteroatoms. The van der Waals surface area contributed by atoms with Gasteiger partial charge in [-0.25, -0.2) is 0 Å². The Morgan fingerprint density at radius 3 is 1.94 bits per heavy atom. The molecule has 0 radical (unpaired) electrons. The van der Waals surface area contributed by atoms with Gasteiger partial charge in [-0.15, -0.1) is 0 Å². The van der Waals surface area contributed by atoms with E-state index >= 15 is 0 Å². The molecule has 0 spiro atoms. The summed E-state index contributed by atoms with van der Waals surface area (Å²) in [5.41, 5.74) is 1.59. The van der Waals surface area contributed by atoms with Crippen LogP contribution in [0, 0.1) is 0 Å². The molecule has 1 aromatic carbocycles. The molecular formula is C18H28NO9S3+. The van der Waals surface area contributed by atoms with E-state index in [2.05, 4.69) is 0 Å². The average Bonchev–Trinajstić information content (AvgIpc) is 2.81. The molecular weight excluding hydrogens is 470 g/mol. The Balaban J connectivity index is 2.34. The minimum absolute atomic E-state index is 0.226. The molecule has 0 fully saturated rings. The van der Waals surface area contributed by atoms with Crippen LogP contribution in [-0.4, -0.2) is 67.2 Å². The van der Waals surface area contributed by atoms with Crippen LogP contribution in [-0.2, 0) is 35.8 Å². The number of unbranched alkanes of at least 4 members (excludes halogenated alkanes) is 2. The smallest absolute Gasteiger partial charge is 0.286 e. The van der Waals surface area contributed by atoms with Crippen molar-refractivity contribution in [3.63, 3.8) is 0 Å². The van der Waals surface area contributed by atoms with Gasteiger partial charge in [0.25, 0.3) is 30.4 Å². The highest BCUT2D eigenvalue weighted by atomic mass is 32.2. The number of rotatable bonds is 11. The molecule has 0 aromatic heterocycles. The van der Waals surface area contributed by atoms with E-state index < -0.39 is 35.8 Å². The summed E-state index contributed by atoms with van der Waals surface area (Å²) in [5, 5.41) is 0. The summed E-state index contributed by atoms with van der Waals surface area (Å²) < 4.78 is 96.3. The minimum Gasteiger partial charge on any atom is -0.286 e. The van der Waals surface area contributed by atoms with Crippen molar-refractivity contribution in [1.82, 2.24) is 0 Å². The highest BCUT2D eigenvalue weighted by Gasteiger charge is 2.46. The standard InChI is InChI=1S/C18H27NO9S3/c1-14-18(2,9-3-5-11-29(20,21)22)16-13-15(31(26,27)28)7-8-17(16)19(14)10-4-6-12-30(23,24)25/h7-8,13H,3-6,9-12H2,1-2H3,(H2-,20,21,22,23,24,25,26,27,28)/p+1. The zero-order valence-electron chi connectivity index (χ0n) is 17.4. The molecule has 0 amide bonds. The lowest BCUT2D eigenvalue weighted by Crippen LogP contribution is -2.31. The molecule has 176 valence electrons. The van der Waals surface area contributed by atoms with Crippen molar-refractivity contribution in [3.05, 3.63) is 23.8 Å². The molecule has 1 aliphatic heterocycles. The third-order valence-corrected chi connectivity index (χ3v) is 8.18. The van der Waals surface area contributed by atoms with Crippen LogP contribution in [0.5, 0.6) is 0 Å². The van der Waals surface area contributed by atoms with Crippen LogP contribution in [0.1, 0.15) is 51.5 Å². The monoisotopic (exact) mass is 498 g/mol. The SMILES string of the molecule is CC1=[N+](CCCCS(=O)(=O)O)c2ccc(S(=O)(=O)O)cc2C1(C)CCCCS(=O)(=O)O. The van der Waals surface area contributed by atoms with E-state index in [9.17, 15) is 29.8 Å². The first-order valence-electron chi connectivity index (χ1n) is 9.68. The maximum atomic E-state index is 11.6. The van der Waals surface area contributed by atoms with Crippen LogP contribution in [0.4, 0.5) is 5.69 Å². The molecule has 1 aliphatic rings. The van der Waals surface area contributed by atoms with Crippen molar-refractivity contribution < 1.29 is 43.5 Å².